The summed E-state index contributed by atoms with van der Waals surface area (Å²) in [5.41, 5.74) is 2.53. The third-order valence-electron chi connectivity index (χ3n) is 2.31. The second-order valence-corrected chi connectivity index (χ2v) is 5.33. The standard InChI is InChI=1S/C7H8.C6H7N.C4H5NS.CH4/c1-7-5-3-2-4-6-7;1-6-3-2-4-7-5-6;1-4-5-2-3-6-4;/h2-6H,1H3;2-5H,1H3;2-3H,1H3;1H4. The second kappa shape index (κ2) is 11.8. The monoisotopic (exact) mass is 300 g/mol. The minimum absolute atomic E-state index is 0. The summed E-state index contributed by atoms with van der Waals surface area (Å²) < 4.78 is 0. The lowest BCUT2D eigenvalue weighted by Gasteiger charge is -1.82. The maximum Gasteiger partial charge on any atom is 0.0893 e. The summed E-state index contributed by atoms with van der Waals surface area (Å²) in [5, 5.41) is 3.10. The Labute approximate surface area is 132 Å². The van der Waals surface area contributed by atoms with Gasteiger partial charge in [-0.1, -0.05) is 49.4 Å². The Kier molecular flexibility index (Phi) is 10.7. The number of pyridine rings is 1. The number of aromatic nitrogens is 2. The van der Waals surface area contributed by atoms with Gasteiger partial charge in [0, 0.05) is 24.0 Å². The molecule has 0 fully saturated rings. The Morgan fingerprint density at radius 3 is 1.71 bits per heavy atom. The lowest BCUT2D eigenvalue weighted by Crippen LogP contribution is -1.69. The summed E-state index contributed by atoms with van der Waals surface area (Å²) in [6, 6.07) is 14.2. The zero-order valence-corrected chi connectivity index (χ0v) is 13.0. The van der Waals surface area contributed by atoms with Gasteiger partial charge in [-0.25, -0.2) is 0 Å². The van der Waals surface area contributed by atoms with Crippen LogP contribution in [0.2, 0.25) is 0 Å². The molecular weight excluding hydrogens is 276 g/mol. The van der Waals surface area contributed by atoms with E-state index in [0.717, 1.165) is 5.01 Å². The topological polar surface area (TPSA) is 25.8 Å². The molecule has 3 aromatic rings. The van der Waals surface area contributed by atoms with E-state index in [0.29, 0.717) is 0 Å². The van der Waals surface area contributed by atoms with Gasteiger partial charge in [0.2, 0.25) is 0 Å². The summed E-state index contributed by atoms with van der Waals surface area (Å²) in [6.45, 7) is 6.09. The molecule has 0 amide bonds. The highest BCUT2D eigenvalue weighted by Gasteiger charge is 1.76. The van der Waals surface area contributed by atoms with Crippen molar-refractivity contribution in [2.75, 3.05) is 0 Å². The quantitative estimate of drug-likeness (QED) is 0.550. The van der Waals surface area contributed by atoms with Gasteiger partial charge >= 0.3 is 0 Å². The van der Waals surface area contributed by atoms with Crippen LogP contribution in [0.15, 0.2) is 66.4 Å². The molecular formula is C18H24N2S. The fourth-order valence-corrected chi connectivity index (χ4v) is 1.72. The zero-order valence-electron chi connectivity index (χ0n) is 12.2. The molecule has 0 aliphatic carbocycles. The largest absolute Gasteiger partial charge is 0.264 e. The van der Waals surface area contributed by atoms with Crippen molar-refractivity contribution in [3.63, 3.8) is 0 Å². The van der Waals surface area contributed by atoms with Gasteiger partial charge in [0.1, 0.15) is 0 Å². The molecule has 21 heavy (non-hydrogen) atoms. The molecule has 0 unspecified atom stereocenters. The van der Waals surface area contributed by atoms with Gasteiger partial charge in [0.15, 0.2) is 0 Å². The molecule has 0 spiro atoms. The van der Waals surface area contributed by atoms with Gasteiger partial charge in [-0.05, 0) is 32.4 Å². The molecule has 3 rings (SSSR count). The van der Waals surface area contributed by atoms with E-state index < -0.39 is 0 Å². The smallest absolute Gasteiger partial charge is 0.0893 e. The number of hydrogen-bond acceptors (Lipinski definition) is 3. The van der Waals surface area contributed by atoms with Crippen molar-refractivity contribution in [2.24, 2.45) is 0 Å². The summed E-state index contributed by atoms with van der Waals surface area (Å²) >= 11 is 1.67. The predicted molar refractivity (Wildman–Crippen MR) is 93.7 cm³/mol. The zero-order chi connectivity index (χ0) is 14.6. The van der Waals surface area contributed by atoms with Crippen LogP contribution >= 0.6 is 11.3 Å². The number of rotatable bonds is 0. The van der Waals surface area contributed by atoms with E-state index in [1.165, 1.54) is 11.1 Å². The van der Waals surface area contributed by atoms with Crippen LogP contribution in [0.25, 0.3) is 0 Å². The van der Waals surface area contributed by atoms with Crippen LogP contribution in [0, 0.1) is 20.8 Å². The molecule has 0 N–H and O–H groups in total. The first-order chi connectivity index (χ1) is 9.68. The fraction of sp³-hybridized carbons (Fsp3) is 0.222. The van der Waals surface area contributed by atoms with E-state index in [4.69, 9.17) is 0 Å². The summed E-state index contributed by atoms with van der Waals surface area (Å²) in [5.74, 6) is 0. The molecule has 1 aromatic carbocycles. The maximum atomic E-state index is 3.94. The van der Waals surface area contributed by atoms with E-state index >= 15 is 0 Å². The van der Waals surface area contributed by atoms with Gasteiger partial charge in [-0.15, -0.1) is 11.3 Å². The third kappa shape index (κ3) is 10.4. The molecule has 3 heteroatoms. The van der Waals surface area contributed by atoms with Crippen LogP contribution in [-0.4, -0.2) is 9.97 Å². The molecule has 0 radical (unpaired) electrons. The molecule has 2 heterocycles. The van der Waals surface area contributed by atoms with Crippen LogP contribution in [0.3, 0.4) is 0 Å². The van der Waals surface area contributed by atoms with Crippen LogP contribution in [0.5, 0.6) is 0 Å². The molecule has 2 aromatic heterocycles. The molecule has 0 saturated heterocycles. The molecule has 0 bridgehead atoms. The highest BCUT2D eigenvalue weighted by Crippen LogP contribution is 1.98. The highest BCUT2D eigenvalue weighted by atomic mass is 32.1. The Balaban J connectivity index is 0.000000280. The fourth-order valence-electron chi connectivity index (χ4n) is 1.28. The van der Waals surface area contributed by atoms with E-state index in [9.17, 15) is 0 Å². The van der Waals surface area contributed by atoms with Crippen molar-refractivity contribution < 1.29 is 0 Å². The number of benzene rings is 1. The minimum atomic E-state index is 0. The molecule has 0 aliphatic rings. The number of thiazole rings is 1. The van der Waals surface area contributed by atoms with E-state index in [2.05, 4.69) is 29.0 Å². The summed E-state index contributed by atoms with van der Waals surface area (Å²) in [4.78, 5) is 7.82. The number of aryl methyl sites for hydroxylation is 3. The lowest BCUT2D eigenvalue weighted by molar-refractivity contribution is 1.27. The van der Waals surface area contributed by atoms with Crippen LogP contribution < -0.4 is 0 Å². The normalized spacial score (nSPS) is 8.33. The van der Waals surface area contributed by atoms with Crippen LogP contribution in [0.4, 0.5) is 0 Å². The number of hydrogen-bond donors (Lipinski definition) is 0. The Hall–Kier alpha value is -2.00. The second-order valence-electron chi connectivity index (χ2n) is 4.24. The van der Waals surface area contributed by atoms with E-state index in [1.54, 1.807) is 23.7 Å². The highest BCUT2D eigenvalue weighted by molar-refractivity contribution is 7.09. The average Bonchev–Trinajstić information content (AvgIpc) is 2.93. The lowest BCUT2D eigenvalue weighted by atomic mass is 10.2. The molecule has 0 atom stereocenters. The van der Waals surface area contributed by atoms with Crippen molar-refractivity contribution in [3.8, 4) is 0 Å². The van der Waals surface area contributed by atoms with Crippen molar-refractivity contribution in [2.45, 2.75) is 28.2 Å². The van der Waals surface area contributed by atoms with Gasteiger partial charge < -0.3 is 0 Å². The summed E-state index contributed by atoms with van der Waals surface area (Å²) in [7, 11) is 0. The molecule has 0 aliphatic heterocycles. The van der Waals surface area contributed by atoms with Gasteiger partial charge in [-0.2, -0.15) is 0 Å². The Morgan fingerprint density at radius 1 is 0.810 bits per heavy atom. The maximum absolute atomic E-state index is 3.94. The minimum Gasteiger partial charge on any atom is -0.264 e. The van der Waals surface area contributed by atoms with Crippen molar-refractivity contribution in [1.29, 1.82) is 0 Å². The predicted octanol–water partition coefficient (Wildman–Crippen LogP) is 5.47. The molecule has 112 valence electrons. The van der Waals surface area contributed by atoms with Gasteiger partial charge in [-0.3, -0.25) is 9.97 Å². The van der Waals surface area contributed by atoms with Crippen LogP contribution in [-0.2, 0) is 0 Å². The molecule has 2 nitrogen and oxygen atoms in total. The van der Waals surface area contributed by atoms with Crippen molar-refractivity contribution in [3.05, 3.63) is 82.6 Å². The first kappa shape index (κ1) is 19.0. The van der Waals surface area contributed by atoms with Gasteiger partial charge in [0.25, 0.3) is 0 Å². The van der Waals surface area contributed by atoms with Crippen molar-refractivity contribution in [1.82, 2.24) is 9.97 Å². The summed E-state index contributed by atoms with van der Waals surface area (Å²) in [6.07, 6.45) is 5.41. The number of nitrogens with zero attached hydrogens (tertiary/aromatic N) is 2. The van der Waals surface area contributed by atoms with Gasteiger partial charge in [0.05, 0.1) is 5.01 Å². The average molecular weight is 300 g/mol. The Bertz CT molecular complexity index is 511. The first-order valence-corrected chi connectivity index (χ1v) is 7.31. The SMILES string of the molecule is C.Cc1ccccc1.Cc1cccnc1.Cc1nccs1. The van der Waals surface area contributed by atoms with Crippen molar-refractivity contribution >= 4 is 11.3 Å². The van der Waals surface area contributed by atoms with E-state index in [-0.39, 0.29) is 7.43 Å². The van der Waals surface area contributed by atoms with E-state index in [1.807, 2.05) is 55.8 Å². The first-order valence-electron chi connectivity index (χ1n) is 6.43. The molecule has 0 saturated carbocycles. The van der Waals surface area contributed by atoms with Crippen LogP contribution in [0.1, 0.15) is 23.6 Å². The third-order valence-corrected chi connectivity index (χ3v) is 3.01. The Morgan fingerprint density at radius 2 is 1.48 bits per heavy atom.